The van der Waals surface area contributed by atoms with Gasteiger partial charge in [0, 0.05) is 17.0 Å². The van der Waals surface area contributed by atoms with Gasteiger partial charge in [-0.25, -0.2) is 0 Å². The van der Waals surface area contributed by atoms with Gasteiger partial charge in [-0.2, -0.15) is 0 Å². The summed E-state index contributed by atoms with van der Waals surface area (Å²) in [5.41, 5.74) is 2.80. The summed E-state index contributed by atoms with van der Waals surface area (Å²) in [4.78, 5) is 12.5. The third-order valence-electron chi connectivity index (χ3n) is 3.29. The van der Waals surface area contributed by atoms with Crippen molar-refractivity contribution < 1.29 is 4.79 Å². The van der Waals surface area contributed by atoms with Crippen LogP contribution in [0.15, 0.2) is 48.5 Å². The molecule has 104 valence electrons. The van der Waals surface area contributed by atoms with E-state index in [-0.39, 0.29) is 11.2 Å². The van der Waals surface area contributed by atoms with Gasteiger partial charge in [0.15, 0.2) is 5.78 Å². The van der Waals surface area contributed by atoms with Crippen molar-refractivity contribution in [2.24, 2.45) is 0 Å². The molecular weight excluding hydrogens is 268 g/mol. The molecule has 20 heavy (non-hydrogen) atoms. The first-order chi connectivity index (χ1) is 9.38. The van der Waals surface area contributed by atoms with Gasteiger partial charge in [-0.3, -0.25) is 4.79 Å². The fraction of sp³-hybridized carbons (Fsp3) is 0.278. The highest BCUT2D eigenvalue weighted by Gasteiger charge is 2.21. The first kappa shape index (κ1) is 14.8. The molecule has 2 aromatic carbocycles. The van der Waals surface area contributed by atoms with E-state index in [4.69, 9.17) is 11.6 Å². The standard InChI is InChI=1S/C18H19ClO/c1-18(2,3)16-10-5-4-9-15(16)17(20)12-13-7-6-8-14(19)11-13/h4-11H,12H2,1-3H3. The second-order valence-corrected chi connectivity index (χ2v) is 6.46. The molecule has 1 nitrogen and oxygen atoms in total. The van der Waals surface area contributed by atoms with Crippen LogP contribution in [0.4, 0.5) is 0 Å². The van der Waals surface area contributed by atoms with E-state index in [1.807, 2.05) is 48.5 Å². The zero-order chi connectivity index (χ0) is 14.8. The van der Waals surface area contributed by atoms with E-state index in [1.54, 1.807) is 0 Å². The minimum absolute atomic E-state index is 0.0411. The molecule has 0 atom stereocenters. The lowest BCUT2D eigenvalue weighted by molar-refractivity contribution is 0.0991. The summed E-state index contributed by atoms with van der Waals surface area (Å²) in [6.07, 6.45) is 0.383. The van der Waals surface area contributed by atoms with Crippen LogP contribution in [0.1, 0.15) is 42.3 Å². The van der Waals surface area contributed by atoms with Gasteiger partial charge in [-0.15, -0.1) is 0 Å². The van der Waals surface area contributed by atoms with E-state index in [0.29, 0.717) is 11.4 Å². The molecule has 2 aromatic rings. The van der Waals surface area contributed by atoms with Crippen LogP contribution in [-0.4, -0.2) is 5.78 Å². The van der Waals surface area contributed by atoms with Crippen molar-refractivity contribution >= 4 is 17.4 Å². The lowest BCUT2D eigenvalue weighted by Crippen LogP contribution is -2.17. The normalized spacial score (nSPS) is 11.4. The van der Waals surface area contributed by atoms with Gasteiger partial charge < -0.3 is 0 Å². The van der Waals surface area contributed by atoms with Gasteiger partial charge in [-0.1, -0.05) is 68.8 Å². The van der Waals surface area contributed by atoms with Crippen LogP contribution in [0.25, 0.3) is 0 Å². The van der Waals surface area contributed by atoms with Crippen molar-refractivity contribution in [2.45, 2.75) is 32.6 Å². The van der Waals surface area contributed by atoms with E-state index in [9.17, 15) is 4.79 Å². The average molecular weight is 287 g/mol. The van der Waals surface area contributed by atoms with Crippen molar-refractivity contribution in [3.63, 3.8) is 0 Å². The van der Waals surface area contributed by atoms with Crippen molar-refractivity contribution in [3.05, 3.63) is 70.2 Å². The molecule has 0 N–H and O–H groups in total. The summed E-state index contributed by atoms with van der Waals surface area (Å²) < 4.78 is 0. The molecule has 0 unspecified atom stereocenters. The molecule has 2 rings (SSSR count). The highest BCUT2D eigenvalue weighted by molar-refractivity contribution is 6.30. The maximum absolute atomic E-state index is 12.5. The van der Waals surface area contributed by atoms with E-state index in [2.05, 4.69) is 20.8 Å². The van der Waals surface area contributed by atoms with Crippen LogP contribution >= 0.6 is 11.6 Å². The molecule has 0 saturated heterocycles. The molecule has 0 aliphatic heterocycles. The second-order valence-electron chi connectivity index (χ2n) is 6.03. The molecule has 0 spiro atoms. The molecule has 0 saturated carbocycles. The number of carbonyl (C=O) groups excluding carboxylic acids is 1. The minimum atomic E-state index is -0.0411. The summed E-state index contributed by atoms with van der Waals surface area (Å²) >= 11 is 5.97. The van der Waals surface area contributed by atoms with E-state index >= 15 is 0 Å². The summed E-state index contributed by atoms with van der Waals surface area (Å²) in [5, 5.41) is 0.666. The predicted molar refractivity (Wildman–Crippen MR) is 84.6 cm³/mol. The van der Waals surface area contributed by atoms with Crippen LogP contribution in [0.3, 0.4) is 0 Å². The smallest absolute Gasteiger partial charge is 0.167 e. The lowest BCUT2D eigenvalue weighted by Gasteiger charge is -2.22. The average Bonchev–Trinajstić information content (AvgIpc) is 2.37. The molecule has 0 heterocycles. The van der Waals surface area contributed by atoms with E-state index < -0.39 is 0 Å². The van der Waals surface area contributed by atoms with Crippen LogP contribution in [0.5, 0.6) is 0 Å². The maximum atomic E-state index is 12.5. The molecule has 0 amide bonds. The third-order valence-corrected chi connectivity index (χ3v) is 3.52. The molecule has 0 fully saturated rings. The van der Waals surface area contributed by atoms with Crippen LogP contribution in [-0.2, 0) is 11.8 Å². The molecular formula is C18H19ClO. The number of hydrogen-bond donors (Lipinski definition) is 0. The van der Waals surface area contributed by atoms with Gasteiger partial charge in [-0.05, 0) is 28.7 Å². The number of ketones is 1. The fourth-order valence-electron chi connectivity index (χ4n) is 2.31. The number of rotatable bonds is 3. The van der Waals surface area contributed by atoms with Gasteiger partial charge >= 0.3 is 0 Å². The van der Waals surface area contributed by atoms with Gasteiger partial charge in [0.2, 0.25) is 0 Å². The summed E-state index contributed by atoms with van der Waals surface area (Å²) in [5.74, 6) is 0.137. The monoisotopic (exact) mass is 286 g/mol. The Bertz CT molecular complexity index is 623. The quantitative estimate of drug-likeness (QED) is 0.721. The first-order valence-corrected chi connectivity index (χ1v) is 7.13. The summed E-state index contributed by atoms with van der Waals surface area (Å²) in [6.45, 7) is 6.37. The van der Waals surface area contributed by atoms with Gasteiger partial charge in [0.25, 0.3) is 0 Å². The molecule has 0 bridgehead atoms. The molecule has 0 aromatic heterocycles. The Hall–Kier alpha value is -1.60. The van der Waals surface area contributed by atoms with Gasteiger partial charge in [0.05, 0.1) is 0 Å². The Balaban J connectivity index is 2.31. The zero-order valence-electron chi connectivity index (χ0n) is 12.1. The van der Waals surface area contributed by atoms with Crippen molar-refractivity contribution in [1.82, 2.24) is 0 Å². The first-order valence-electron chi connectivity index (χ1n) is 6.75. The Labute approximate surface area is 125 Å². The topological polar surface area (TPSA) is 17.1 Å². The lowest BCUT2D eigenvalue weighted by atomic mass is 9.82. The number of carbonyl (C=O) groups is 1. The summed E-state index contributed by atoms with van der Waals surface area (Å²) in [6, 6.07) is 15.3. The van der Waals surface area contributed by atoms with Crippen molar-refractivity contribution in [3.8, 4) is 0 Å². The molecule has 0 aliphatic carbocycles. The number of hydrogen-bond acceptors (Lipinski definition) is 1. The summed E-state index contributed by atoms with van der Waals surface area (Å²) in [7, 11) is 0. The highest BCUT2D eigenvalue weighted by Crippen LogP contribution is 2.26. The minimum Gasteiger partial charge on any atom is -0.294 e. The molecule has 0 radical (unpaired) electrons. The molecule has 0 aliphatic rings. The molecule has 2 heteroatoms. The fourth-order valence-corrected chi connectivity index (χ4v) is 2.52. The second kappa shape index (κ2) is 5.80. The van der Waals surface area contributed by atoms with Crippen molar-refractivity contribution in [2.75, 3.05) is 0 Å². The number of benzene rings is 2. The zero-order valence-corrected chi connectivity index (χ0v) is 12.9. The third kappa shape index (κ3) is 3.49. The Kier molecular flexibility index (Phi) is 4.29. The largest absolute Gasteiger partial charge is 0.294 e. The van der Waals surface area contributed by atoms with Crippen molar-refractivity contribution in [1.29, 1.82) is 0 Å². The van der Waals surface area contributed by atoms with Crippen LogP contribution in [0, 0.1) is 0 Å². The Morgan fingerprint density at radius 3 is 2.40 bits per heavy atom. The number of Topliss-reactive ketones (excluding diaryl/α,β-unsaturated/α-hetero) is 1. The van der Waals surface area contributed by atoms with E-state index in [1.165, 1.54) is 0 Å². The highest BCUT2D eigenvalue weighted by atomic mass is 35.5. The Morgan fingerprint density at radius 2 is 1.75 bits per heavy atom. The van der Waals surface area contributed by atoms with Crippen LogP contribution in [0.2, 0.25) is 5.02 Å². The Morgan fingerprint density at radius 1 is 1.05 bits per heavy atom. The van der Waals surface area contributed by atoms with E-state index in [0.717, 1.165) is 16.7 Å². The predicted octanol–water partition coefficient (Wildman–Crippen LogP) is 5.06. The van der Waals surface area contributed by atoms with Gasteiger partial charge in [0.1, 0.15) is 0 Å². The number of halogens is 1. The van der Waals surface area contributed by atoms with Crippen LogP contribution < -0.4 is 0 Å². The SMILES string of the molecule is CC(C)(C)c1ccccc1C(=O)Cc1cccc(Cl)c1. The maximum Gasteiger partial charge on any atom is 0.167 e.